The molecule has 0 aliphatic carbocycles. The van der Waals surface area contributed by atoms with Gasteiger partial charge < -0.3 is 14.2 Å². The number of carbonyl (C=O) groups is 2. The second-order valence-electron chi connectivity index (χ2n) is 4.91. The highest BCUT2D eigenvalue weighted by molar-refractivity contribution is 5.91. The van der Waals surface area contributed by atoms with E-state index < -0.39 is 18.2 Å². The van der Waals surface area contributed by atoms with Crippen molar-refractivity contribution < 1.29 is 23.8 Å². The highest BCUT2D eigenvalue weighted by Crippen LogP contribution is 2.33. The van der Waals surface area contributed by atoms with Crippen LogP contribution in [-0.4, -0.2) is 18.2 Å². The Kier molecular flexibility index (Phi) is 3.48. The maximum Gasteiger partial charge on any atom is 0.337 e. The summed E-state index contributed by atoms with van der Waals surface area (Å²) in [5, 5.41) is 0. The van der Waals surface area contributed by atoms with Crippen molar-refractivity contribution in [2.45, 2.75) is 25.7 Å². The lowest BCUT2D eigenvalue weighted by molar-refractivity contribution is -0.152. The third-order valence-corrected chi connectivity index (χ3v) is 3.36. The maximum atomic E-state index is 11.8. The van der Waals surface area contributed by atoms with Gasteiger partial charge in [0.05, 0.1) is 11.8 Å². The molecule has 0 bridgehead atoms. The van der Waals surface area contributed by atoms with Crippen molar-refractivity contribution in [1.82, 2.24) is 0 Å². The normalized spacial score (nSPS) is 26.5. The predicted octanol–water partition coefficient (Wildman–Crippen LogP) is 2.40. The fraction of sp³-hybridized carbons (Fsp3) is 0.250. The monoisotopic (exact) mass is 286 g/mol. The van der Waals surface area contributed by atoms with E-state index in [0.29, 0.717) is 17.6 Å². The zero-order valence-electron chi connectivity index (χ0n) is 11.4. The number of rotatable bonds is 3. The minimum absolute atomic E-state index is 0.294. The maximum absolute atomic E-state index is 11.8. The fourth-order valence-corrected chi connectivity index (χ4v) is 2.20. The van der Waals surface area contributed by atoms with Crippen LogP contribution in [0, 0.1) is 0 Å². The summed E-state index contributed by atoms with van der Waals surface area (Å²) in [5.74, 6) is -0.816. The van der Waals surface area contributed by atoms with Gasteiger partial charge in [-0.1, -0.05) is 30.3 Å². The van der Waals surface area contributed by atoms with Crippen molar-refractivity contribution in [3.05, 3.63) is 59.4 Å². The first kappa shape index (κ1) is 13.4. The first-order valence-corrected chi connectivity index (χ1v) is 6.63. The number of carbonyl (C=O) groups excluding carboxylic acids is 2. The zero-order valence-corrected chi connectivity index (χ0v) is 11.4. The van der Waals surface area contributed by atoms with E-state index in [9.17, 15) is 9.59 Å². The van der Waals surface area contributed by atoms with Crippen LogP contribution in [0.4, 0.5) is 0 Å². The number of hydrogen-bond acceptors (Lipinski definition) is 5. The smallest absolute Gasteiger partial charge is 0.337 e. The van der Waals surface area contributed by atoms with Gasteiger partial charge in [-0.2, -0.15) is 0 Å². The minimum Gasteiger partial charge on any atom is -0.458 e. The Balaban J connectivity index is 1.66. The van der Waals surface area contributed by atoms with E-state index in [4.69, 9.17) is 14.2 Å². The van der Waals surface area contributed by atoms with Gasteiger partial charge >= 0.3 is 11.9 Å². The molecule has 0 saturated carbocycles. The third-order valence-electron chi connectivity index (χ3n) is 3.36. The number of ether oxygens (including phenoxy) is 3. The summed E-state index contributed by atoms with van der Waals surface area (Å²) in [4.78, 5) is 23.0. The van der Waals surface area contributed by atoms with Crippen molar-refractivity contribution in [2.24, 2.45) is 0 Å². The summed E-state index contributed by atoms with van der Waals surface area (Å²) in [6.07, 6.45) is 2.25. The second-order valence-corrected chi connectivity index (χ2v) is 4.91. The molecule has 1 fully saturated rings. The van der Waals surface area contributed by atoms with Gasteiger partial charge in [0.25, 0.3) is 6.29 Å². The van der Waals surface area contributed by atoms with Crippen LogP contribution in [0.2, 0.25) is 0 Å². The van der Waals surface area contributed by atoms with Crippen LogP contribution in [0.25, 0.3) is 0 Å². The molecule has 2 heterocycles. The van der Waals surface area contributed by atoms with E-state index in [-0.39, 0.29) is 6.10 Å². The summed E-state index contributed by atoms with van der Waals surface area (Å²) in [6.45, 7) is 1.65. The van der Waals surface area contributed by atoms with Crippen molar-refractivity contribution >= 4 is 11.9 Å². The molecule has 2 atom stereocenters. The summed E-state index contributed by atoms with van der Waals surface area (Å²) in [5.41, 5.74) is 1.87. The molecular weight excluding hydrogens is 272 g/mol. The summed E-state index contributed by atoms with van der Waals surface area (Å²) < 4.78 is 15.5. The summed E-state index contributed by atoms with van der Waals surface area (Å²) >= 11 is 0. The Bertz CT molecular complexity index is 629. The highest BCUT2D eigenvalue weighted by atomic mass is 16.7. The van der Waals surface area contributed by atoms with Gasteiger partial charge in [0.1, 0.15) is 6.10 Å². The second kappa shape index (κ2) is 5.44. The van der Waals surface area contributed by atoms with Gasteiger partial charge in [0, 0.05) is 18.1 Å². The molecule has 1 saturated heterocycles. The summed E-state index contributed by atoms with van der Waals surface area (Å²) in [7, 11) is 0. The first-order valence-electron chi connectivity index (χ1n) is 6.63. The van der Waals surface area contributed by atoms with E-state index in [1.54, 1.807) is 13.0 Å². The van der Waals surface area contributed by atoms with Gasteiger partial charge in [-0.15, -0.1) is 0 Å². The molecule has 2 aliphatic heterocycles. The third kappa shape index (κ3) is 2.81. The van der Waals surface area contributed by atoms with Gasteiger partial charge in [0.2, 0.25) is 0 Å². The van der Waals surface area contributed by atoms with Crippen molar-refractivity contribution in [1.29, 1.82) is 0 Å². The van der Waals surface area contributed by atoms with Crippen LogP contribution in [0.1, 0.15) is 25.0 Å². The molecule has 2 aliphatic rings. The zero-order chi connectivity index (χ0) is 14.8. The molecule has 108 valence electrons. The molecular formula is C16H14O5. The van der Waals surface area contributed by atoms with Crippen molar-refractivity contribution in [3.63, 3.8) is 0 Å². The fourth-order valence-electron chi connectivity index (χ4n) is 2.20. The van der Waals surface area contributed by atoms with Gasteiger partial charge in [-0.3, -0.25) is 0 Å². The molecule has 1 aromatic rings. The Labute approximate surface area is 121 Å². The quantitative estimate of drug-likeness (QED) is 0.485. The molecule has 3 rings (SSSR count). The SMILES string of the molecule is CC1=CC(O/C=C2\CC(c3ccccc3)OC2=O)OC1=O. The highest BCUT2D eigenvalue weighted by Gasteiger charge is 2.31. The van der Waals surface area contributed by atoms with Crippen LogP contribution in [0.5, 0.6) is 0 Å². The lowest BCUT2D eigenvalue weighted by atomic mass is 10.1. The van der Waals surface area contributed by atoms with Crippen LogP contribution < -0.4 is 0 Å². The van der Waals surface area contributed by atoms with E-state index in [1.165, 1.54) is 6.26 Å². The van der Waals surface area contributed by atoms with Gasteiger partial charge in [-0.05, 0) is 12.5 Å². The molecule has 21 heavy (non-hydrogen) atoms. The topological polar surface area (TPSA) is 61.8 Å². The molecule has 0 N–H and O–H groups in total. The Morgan fingerprint density at radius 1 is 1.14 bits per heavy atom. The lowest BCUT2D eigenvalue weighted by Gasteiger charge is -2.07. The van der Waals surface area contributed by atoms with E-state index >= 15 is 0 Å². The minimum atomic E-state index is -0.770. The first-order chi connectivity index (χ1) is 10.1. The van der Waals surface area contributed by atoms with E-state index in [2.05, 4.69) is 0 Å². The van der Waals surface area contributed by atoms with Crippen LogP contribution in [-0.2, 0) is 23.8 Å². The van der Waals surface area contributed by atoms with E-state index in [1.807, 2.05) is 30.3 Å². The standard InChI is InChI=1S/C16H14O5/c1-10-7-14(21-15(10)17)19-9-12-8-13(20-16(12)18)11-5-3-2-4-6-11/h2-7,9,13-14H,8H2,1H3/b12-9+. The lowest BCUT2D eigenvalue weighted by Crippen LogP contribution is -2.10. The Morgan fingerprint density at radius 3 is 2.57 bits per heavy atom. The van der Waals surface area contributed by atoms with Crippen LogP contribution >= 0.6 is 0 Å². The molecule has 1 aromatic carbocycles. The molecule has 2 unspecified atom stereocenters. The van der Waals surface area contributed by atoms with Crippen LogP contribution in [0.3, 0.4) is 0 Å². The number of cyclic esters (lactones) is 2. The molecule has 5 nitrogen and oxygen atoms in total. The van der Waals surface area contributed by atoms with Gasteiger partial charge in [-0.25, -0.2) is 9.59 Å². The average Bonchev–Trinajstić information content (AvgIpc) is 3.01. The Hall–Kier alpha value is -2.56. The van der Waals surface area contributed by atoms with Crippen molar-refractivity contribution in [2.75, 3.05) is 0 Å². The largest absolute Gasteiger partial charge is 0.458 e. The molecule has 0 amide bonds. The predicted molar refractivity (Wildman–Crippen MR) is 72.7 cm³/mol. The molecule has 0 spiro atoms. The van der Waals surface area contributed by atoms with Gasteiger partial charge in [0.15, 0.2) is 0 Å². The van der Waals surface area contributed by atoms with Crippen LogP contribution in [0.15, 0.2) is 53.8 Å². The molecule has 0 aromatic heterocycles. The number of esters is 2. The number of benzene rings is 1. The molecule has 0 radical (unpaired) electrons. The number of hydrogen-bond donors (Lipinski definition) is 0. The van der Waals surface area contributed by atoms with Crippen molar-refractivity contribution in [3.8, 4) is 0 Å². The molecule has 5 heteroatoms. The summed E-state index contributed by atoms with van der Waals surface area (Å²) in [6, 6.07) is 9.52. The van der Waals surface area contributed by atoms with E-state index in [0.717, 1.165) is 5.56 Å². The average molecular weight is 286 g/mol. The Morgan fingerprint density at radius 2 is 1.90 bits per heavy atom.